The maximum absolute atomic E-state index is 13.6. The zero-order valence-corrected chi connectivity index (χ0v) is 10.8. The third-order valence-corrected chi connectivity index (χ3v) is 2.83. The smallest absolute Gasteiger partial charge is 0.161 e. The number of aryl methyl sites for hydroxylation is 1. The van der Waals surface area contributed by atoms with E-state index in [4.69, 9.17) is 5.73 Å². The molecule has 0 atom stereocenters. The van der Waals surface area contributed by atoms with Gasteiger partial charge in [-0.3, -0.25) is 4.79 Å². The summed E-state index contributed by atoms with van der Waals surface area (Å²) in [6, 6.07) is 9.78. The highest BCUT2D eigenvalue weighted by molar-refractivity contribution is 5.99. The third kappa shape index (κ3) is 2.91. The fraction of sp³-hybridized carbons (Fsp3) is 0.133. The van der Waals surface area contributed by atoms with Crippen LogP contribution in [0.2, 0.25) is 0 Å². The minimum Gasteiger partial charge on any atom is -0.398 e. The highest BCUT2D eigenvalue weighted by Gasteiger charge is 2.07. The van der Waals surface area contributed by atoms with E-state index in [2.05, 4.69) is 5.32 Å². The lowest BCUT2D eigenvalue weighted by molar-refractivity contribution is 0.101. The summed E-state index contributed by atoms with van der Waals surface area (Å²) in [6.45, 7) is 3.34. The summed E-state index contributed by atoms with van der Waals surface area (Å²) in [5, 5.41) is 2.95. The Labute approximate surface area is 111 Å². The molecule has 4 heteroatoms. The monoisotopic (exact) mass is 258 g/mol. The summed E-state index contributed by atoms with van der Waals surface area (Å²) < 4.78 is 13.6. The lowest BCUT2D eigenvalue weighted by Gasteiger charge is -2.10. The molecule has 0 saturated heterocycles. The van der Waals surface area contributed by atoms with Crippen molar-refractivity contribution in [3.05, 3.63) is 53.3 Å². The Hall–Kier alpha value is -2.36. The lowest BCUT2D eigenvalue weighted by Crippen LogP contribution is -2.01. The van der Waals surface area contributed by atoms with Crippen LogP contribution in [0.3, 0.4) is 0 Å². The molecule has 0 spiro atoms. The van der Waals surface area contributed by atoms with Crippen molar-refractivity contribution in [1.82, 2.24) is 0 Å². The summed E-state index contributed by atoms with van der Waals surface area (Å²) in [4.78, 5) is 11.3. The van der Waals surface area contributed by atoms with Crippen LogP contribution < -0.4 is 11.1 Å². The molecule has 0 aliphatic heterocycles. The van der Waals surface area contributed by atoms with Crippen LogP contribution in [0.15, 0.2) is 36.4 Å². The summed E-state index contributed by atoms with van der Waals surface area (Å²) in [5.74, 6) is -0.425. The van der Waals surface area contributed by atoms with Crippen molar-refractivity contribution >= 4 is 22.8 Å². The van der Waals surface area contributed by atoms with E-state index in [0.717, 1.165) is 5.56 Å². The quantitative estimate of drug-likeness (QED) is 0.652. The van der Waals surface area contributed by atoms with E-state index in [9.17, 15) is 9.18 Å². The highest BCUT2D eigenvalue weighted by atomic mass is 19.1. The minimum absolute atomic E-state index is 0.0919. The first-order chi connectivity index (χ1) is 8.97. The van der Waals surface area contributed by atoms with Crippen molar-refractivity contribution in [2.24, 2.45) is 0 Å². The molecule has 0 fully saturated rings. The highest BCUT2D eigenvalue weighted by Crippen LogP contribution is 2.24. The van der Waals surface area contributed by atoms with E-state index in [1.807, 2.05) is 6.92 Å². The van der Waals surface area contributed by atoms with Crippen molar-refractivity contribution in [3.63, 3.8) is 0 Å². The van der Waals surface area contributed by atoms with Gasteiger partial charge in [0.25, 0.3) is 0 Å². The van der Waals surface area contributed by atoms with Gasteiger partial charge in [-0.2, -0.15) is 0 Å². The number of rotatable bonds is 3. The zero-order valence-electron chi connectivity index (χ0n) is 10.8. The zero-order chi connectivity index (χ0) is 14.0. The number of anilines is 3. The first-order valence-corrected chi connectivity index (χ1v) is 5.91. The summed E-state index contributed by atoms with van der Waals surface area (Å²) in [6.07, 6.45) is 0. The standard InChI is InChI=1S/C15H15FN2O/c1-9-3-6-13(16)15(7-9)18-11-4-5-12(10(2)19)14(17)8-11/h3-8,18H,17H2,1-2H3. The Morgan fingerprint density at radius 1 is 1.21 bits per heavy atom. The summed E-state index contributed by atoms with van der Waals surface area (Å²) in [7, 11) is 0. The van der Waals surface area contributed by atoms with Crippen LogP contribution in [-0.4, -0.2) is 5.78 Å². The lowest BCUT2D eigenvalue weighted by atomic mass is 10.1. The van der Waals surface area contributed by atoms with Crippen LogP contribution in [0.1, 0.15) is 22.8 Å². The fourth-order valence-electron chi connectivity index (χ4n) is 1.85. The molecule has 0 heterocycles. The molecule has 0 aliphatic carbocycles. The molecule has 0 unspecified atom stereocenters. The molecule has 0 aromatic heterocycles. The van der Waals surface area contributed by atoms with E-state index < -0.39 is 0 Å². The largest absolute Gasteiger partial charge is 0.398 e. The molecule has 0 amide bonds. The van der Waals surface area contributed by atoms with Crippen molar-refractivity contribution < 1.29 is 9.18 Å². The predicted molar refractivity (Wildman–Crippen MR) is 75.3 cm³/mol. The second-order valence-corrected chi connectivity index (χ2v) is 4.47. The molecule has 98 valence electrons. The fourth-order valence-corrected chi connectivity index (χ4v) is 1.85. The summed E-state index contributed by atoms with van der Waals surface area (Å²) in [5.41, 5.74) is 8.62. The van der Waals surface area contributed by atoms with Crippen molar-refractivity contribution in [2.45, 2.75) is 13.8 Å². The second-order valence-electron chi connectivity index (χ2n) is 4.47. The number of carbonyl (C=O) groups is 1. The first kappa shape index (κ1) is 13.1. The van der Waals surface area contributed by atoms with Crippen LogP contribution >= 0.6 is 0 Å². The SMILES string of the molecule is CC(=O)c1ccc(Nc2cc(C)ccc2F)cc1N. The molecule has 2 aromatic rings. The van der Waals surface area contributed by atoms with Crippen LogP contribution in [0.5, 0.6) is 0 Å². The van der Waals surface area contributed by atoms with E-state index in [-0.39, 0.29) is 11.6 Å². The number of hydrogen-bond acceptors (Lipinski definition) is 3. The van der Waals surface area contributed by atoms with E-state index in [1.54, 1.807) is 30.3 Å². The van der Waals surface area contributed by atoms with E-state index in [0.29, 0.717) is 22.6 Å². The van der Waals surface area contributed by atoms with Crippen molar-refractivity contribution in [3.8, 4) is 0 Å². The number of hydrogen-bond donors (Lipinski definition) is 2. The molecule has 0 saturated carbocycles. The molecular weight excluding hydrogens is 243 g/mol. The van der Waals surface area contributed by atoms with Gasteiger partial charge in [-0.05, 0) is 49.7 Å². The Balaban J connectivity index is 2.31. The Morgan fingerprint density at radius 2 is 1.95 bits per heavy atom. The normalized spacial score (nSPS) is 10.3. The number of Topliss-reactive ketones (excluding diaryl/α,β-unsaturated/α-hetero) is 1. The number of carbonyl (C=O) groups excluding carboxylic acids is 1. The van der Waals surface area contributed by atoms with Gasteiger partial charge in [0.2, 0.25) is 0 Å². The van der Waals surface area contributed by atoms with Gasteiger partial charge in [0.1, 0.15) is 5.82 Å². The van der Waals surface area contributed by atoms with Gasteiger partial charge in [0.05, 0.1) is 5.69 Å². The predicted octanol–water partition coefficient (Wildman–Crippen LogP) is 3.66. The molecule has 19 heavy (non-hydrogen) atoms. The van der Waals surface area contributed by atoms with Crippen molar-refractivity contribution in [2.75, 3.05) is 11.1 Å². The first-order valence-electron chi connectivity index (χ1n) is 5.91. The Kier molecular flexibility index (Phi) is 3.51. The number of nitrogen functional groups attached to an aromatic ring is 1. The number of benzene rings is 2. The third-order valence-electron chi connectivity index (χ3n) is 2.83. The Morgan fingerprint density at radius 3 is 2.58 bits per heavy atom. The van der Waals surface area contributed by atoms with Gasteiger partial charge in [-0.15, -0.1) is 0 Å². The average molecular weight is 258 g/mol. The van der Waals surface area contributed by atoms with Crippen LogP contribution in [-0.2, 0) is 0 Å². The van der Waals surface area contributed by atoms with Gasteiger partial charge in [-0.25, -0.2) is 4.39 Å². The summed E-state index contributed by atoms with van der Waals surface area (Å²) >= 11 is 0. The molecule has 0 bridgehead atoms. The molecule has 2 rings (SSSR count). The van der Waals surface area contributed by atoms with Crippen LogP contribution in [0.4, 0.5) is 21.5 Å². The molecule has 3 N–H and O–H groups in total. The Bertz CT molecular complexity index is 638. The number of nitrogens with two attached hydrogens (primary N) is 1. The van der Waals surface area contributed by atoms with Gasteiger partial charge in [0, 0.05) is 16.9 Å². The van der Waals surface area contributed by atoms with Gasteiger partial charge in [0.15, 0.2) is 5.78 Å². The minimum atomic E-state index is -0.334. The molecular formula is C15H15FN2O. The molecule has 0 aliphatic rings. The van der Waals surface area contributed by atoms with Crippen LogP contribution in [0.25, 0.3) is 0 Å². The molecule has 3 nitrogen and oxygen atoms in total. The van der Waals surface area contributed by atoms with Crippen LogP contribution in [0, 0.1) is 12.7 Å². The van der Waals surface area contributed by atoms with Gasteiger partial charge >= 0.3 is 0 Å². The number of halogens is 1. The van der Waals surface area contributed by atoms with E-state index >= 15 is 0 Å². The topological polar surface area (TPSA) is 55.1 Å². The van der Waals surface area contributed by atoms with Gasteiger partial charge in [-0.1, -0.05) is 6.07 Å². The van der Waals surface area contributed by atoms with E-state index in [1.165, 1.54) is 13.0 Å². The number of ketones is 1. The molecule has 0 radical (unpaired) electrons. The van der Waals surface area contributed by atoms with Crippen molar-refractivity contribution in [1.29, 1.82) is 0 Å². The average Bonchev–Trinajstić information content (AvgIpc) is 2.33. The molecule has 2 aromatic carbocycles. The second kappa shape index (κ2) is 5.10. The maximum Gasteiger partial charge on any atom is 0.161 e. The maximum atomic E-state index is 13.6. The number of nitrogens with one attached hydrogen (secondary N) is 1. The van der Waals surface area contributed by atoms with Gasteiger partial charge < -0.3 is 11.1 Å².